The van der Waals surface area contributed by atoms with Gasteiger partial charge in [-0.25, -0.2) is 4.39 Å². The number of carbonyl (C=O) groups is 1. The van der Waals surface area contributed by atoms with Crippen LogP contribution in [0.25, 0.3) is 11.1 Å². The van der Waals surface area contributed by atoms with Crippen LogP contribution in [0.1, 0.15) is 22.8 Å². The summed E-state index contributed by atoms with van der Waals surface area (Å²) in [5.74, 6) is -0.450. The van der Waals surface area contributed by atoms with E-state index in [9.17, 15) is 9.18 Å². The van der Waals surface area contributed by atoms with Crippen LogP contribution in [0.2, 0.25) is 5.02 Å². The van der Waals surface area contributed by atoms with Crippen molar-refractivity contribution >= 4 is 23.1 Å². The highest BCUT2D eigenvalue weighted by atomic mass is 35.5. The Morgan fingerprint density at radius 1 is 1.30 bits per heavy atom. The maximum Gasteiger partial charge on any atom is 0.160 e. The Morgan fingerprint density at radius 3 is 2.55 bits per heavy atom. The Labute approximate surface area is 122 Å². The minimum atomic E-state index is -0.341. The van der Waals surface area contributed by atoms with E-state index < -0.39 is 0 Å². The van der Waals surface area contributed by atoms with Gasteiger partial charge in [0.25, 0.3) is 0 Å². The Hall–Kier alpha value is -1.87. The molecule has 0 saturated carbocycles. The van der Waals surface area contributed by atoms with Gasteiger partial charge in [-0.05, 0) is 43.2 Å². The van der Waals surface area contributed by atoms with Crippen LogP contribution in [0.4, 0.5) is 10.1 Å². The summed E-state index contributed by atoms with van der Waals surface area (Å²) < 4.78 is 13.5. The number of halogens is 2. The van der Waals surface area contributed by atoms with E-state index in [1.807, 2.05) is 6.92 Å². The second kappa shape index (κ2) is 5.63. The molecule has 0 aliphatic heterocycles. The van der Waals surface area contributed by atoms with Crippen molar-refractivity contribution < 1.29 is 9.18 Å². The molecular weight excluding hydrogens is 277 g/mol. The molecule has 2 rings (SSSR count). The second-order valence-corrected chi connectivity index (χ2v) is 5.00. The van der Waals surface area contributed by atoms with Crippen LogP contribution >= 0.6 is 11.6 Å². The van der Waals surface area contributed by atoms with Gasteiger partial charge in [0.05, 0.1) is 0 Å². The molecule has 0 spiro atoms. The number of Topliss-reactive ketones (excluding diaryl/α,β-unsaturated/α-hetero) is 1. The quantitative estimate of drug-likeness (QED) is 0.831. The summed E-state index contributed by atoms with van der Waals surface area (Å²) >= 11 is 6.17. The summed E-state index contributed by atoms with van der Waals surface area (Å²) in [5, 5.41) is 3.57. The lowest BCUT2D eigenvalue weighted by Gasteiger charge is -2.17. The van der Waals surface area contributed by atoms with Gasteiger partial charge in [0.15, 0.2) is 5.78 Å². The van der Waals surface area contributed by atoms with E-state index in [2.05, 4.69) is 5.32 Å². The van der Waals surface area contributed by atoms with E-state index in [0.29, 0.717) is 21.7 Å². The molecule has 104 valence electrons. The van der Waals surface area contributed by atoms with Gasteiger partial charge >= 0.3 is 0 Å². The van der Waals surface area contributed by atoms with Crippen molar-refractivity contribution in [3.63, 3.8) is 0 Å². The van der Waals surface area contributed by atoms with Crippen LogP contribution in [0.15, 0.2) is 30.3 Å². The van der Waals surface area contributed by atoms with Crippen LogP contribution in [0.3, 0.4) is 0 Å². The van der Waals surface area contributed by atoms with Crippen molar-refractivity contribution in [3.05, 3.63) is 52.3 Å². The molecule has 0 heterocycles. The zero-order valence-electron chi connectivity index (χ0n) is 11.6. The first-order valence-corrected chi connectivity index (χ1v) is 6.61. The first-order chi connectivity index (χ1) is 9.45. The van der Waals surface area contributed by atoms with Gasteiger partial charge in [-0.1, -0.05) is 23.7 Å². The fourth-order valence-corrected chi connectivity index (χ4v) is 2.49. The standard InChI is InChI=1S/C16H15ClFNO/c1-9-14(17)8-13(10(2)20)15(16(9)19-3)11-5-4-6-12(18)7-11/h4-8,19H,1-3H3. The molecule has 2 aromatic carbocycles. The lowest BCUT2D eigenvalue weighted by molar-refractivity contribution is 0.101. The summed E-state index contributed by atoms with van der Waals surface area (Å²) in [4.78, 5) is 11.9. The Kier molecular flexibility index (Phi) is 4.09. The van der Waals surface area contributed by atoms with Gasteiger partial charge in [0, 0.05) is 28.9 Å². The number of ketones is 1. The van der Waals surface area contributed by atoms with Crippen molar-refractivity contribution in [3.8, 4) is 11.1 Å². The maximum absolute atomic E-state index is 13.5. The zero-order valence-corrected chi connectivity index (χ0v) is 12.3. The summed E-state index contributed by atoms with van der Waals surface area (Å²) in [7, 11) is 1.76. The van der Waals surface area contributed by atoms with E-state index in [1.165, 1.54) is 19.1 Å². The SMILES string of the molecule is CNc1c(C)c(Cl)cc(C(C)=O)c1-c1cccc(F)c1. The monoisotopic (exact) mass is 291 g/mol. The van der Waals surface area contributed by atoms with Crippen molar-refractivity contribution in [1.82, 2.24) is 0 Å². The number of nitrogens with one attached hydrogen (secondary N) is 1. The highest BCUT2D eigenvalue weighted by Crippen LogP contribution is 2.38. The molecule has 0 fully saturated rings. The van der Waals surface area contributed by atoms with Gasteiger partial charge in [-0.15, -0.1) is 0 Å². The van der Waals surface area contributed by atoms with E-state index in [-0.39, 0.29) is 11.6 Å². The molecule has 0 atom stereocenters. The second-order valence-electron chi connectivity index (χ2n) is 4.60. The van der Waals surface area contributed by atoms with E-state index >= 15 is 0 Å². The number of anilines is 1. The molecule has 0 radical (unpaired) electrons. The smallest absolute Gasteiger partial charge is 0.160 e. The van der Waals surface area contributed by atoms with Crippen LogP contribution in [-0.4, -0.2) is 12.8 Å². The molecule has 0 amide bonds. The van der Waals surface area contributed by atoms with Crippen molar-refractivity contribution in [1.29, 1.82) is 0 Å². The molecule has 0 aliphatic rings. The summed E-state index contributed by atoms with van der Waals surface area (Å²) in [5.41, 5.74) is 3.39. The number of rotatable bonds is 3. The van der Waals surface area contributed by atoms with Gasteiger partial charge < -0.3 is 5.32 Å². The highest BCUT2D eigenvalue weighted by molar-refractivity contribution is 6.32. The molecule has 2 nitrogen and oxygen atoms in total. The molecule has 0 unspecified atom stereocenters. The molecule has 0 aliphatic carbocycles. The predicted molar refractivity (Wildman–Crippen MR) is 81.1 cm³/mol. The Balaban J connectivity index is 2.85. The first kappa shape index (κ1) is 14.5. The van der Waals surface area contributed by atoms with Gasteiger partial charge in [-0.2, -0.15) is 0 Å². The van der Waals surface area contributed by atoms with Crippen LogP contribution in [-0.2, 0) is 0 Å². The van der Waals surface area contributed by atoms with E-state index in [1.54, 1.807) is 25.2 Å². The Morgan fingerprint density at radius 2 is 2.00 bits per heavy atom. The minimum absolute atomic E-state index is 0.109. The summed E-state index contributed by atoms with van der Waals surface area (Å²) in [6.45, 7) is 3.34. The summed E-state index contributed by atoms with van der Waals surface area (Å²) in [6.07, 6.45) is 0. The molecule has 20 heavy (non-hydrogen) atoms. The van der Waals surface area contributed by atoms with Crippen LogP contribution in [0.5, 0.6) is 0 Å². The number of carbonyl (C=O) groups excluding carboxylic acids is 1. The normalized spacial score (nSPS) is 10.4. The molecule has 1 N–H and O–H groups in total. The largest absolute Gasteiger partial charge is 0.387 e. The van der Waals surface area contributed by atoms with Crippen molar-refractivity contribution in [2.75, 3.05) is 12.4 Å². The summed E-state index contributed by atoms with van der Waals surface area (Å²) in [6, 6.07) is 7.83. The lowest BCUT2D eigenvalue weighted by Crippen LogP contribution is -2.04. The molecule has 0 bridgehead atoms. The first-order valence-electron chi connectivity index (χ1n) is 6.23. The molecule has 0 aromatic heterocycles. The maximum atomic E-state index is 13.5. The minimum Gasteiger partial charge on any atom is -0.387 e. The third kappa shape index (κ3) is 2.54. The fraction of sp³-hybridized carbons (Fsp3) is 0.188. The number of benzene rings is 2. The lowest BCUT2D eigenvalue weighted by atomic mass is 9.93. The third-order valence-electron chi connectivity index (χ3n) is 3.27. The predicted octanol–water partition coefficient (Wildman–Crippen LogP) is 4.70. The fourth-order valence-electron chi connectivity index (χ4n) is 2.28. The average molecular weight is 292 g/mol. The van der Waals surface area contributed by atoms with Crippen molar-refractivity contribution in [2.24, 2.45) is 0 Å². The zero-order chi connectivity index (χ0) is 14.9. The van der Waals surface area contributed by atoms with Gasteiger partial charge in [-0.3, -0.25) is 4.79 Å². The number of hydrogen-bond acceptors (Lipinski definition) is 2. The van der Waals surface area contributed by atoms with E-state index in [0.717, 1.165) is 11.3 Å². The molecule has 0 saturated heterocycles. The van der Waals surface area contributed by atoms with Crippen LogP contribution < -0.4 is 5.32 Å². The topological polar surface area (TPSA) is 29.1 Å². The van der Waals surface area contributed by atoms with Gasteiger partial charge in [0.1, 0.15) is 5.82 Å². The van der Waals surface area contributed by atoms with Gasteiger partial charge in [0.2, 0.25) is 0 Å². The molecule has 4 heteroatoms. The third-order valence-corrected chi connectivity index (χ3v) is 3.66. The van der Waals surface area contributed by atoms with Crippen molar-refractivity contribution in [2.45, 2.75) is 13.8 Å². The van der Waals surface area contributed by atoms with Crippen LogP contribution in [0, 0.1) is 12.7 Å². The average Bonchev–Trinajstić information content (AvgIpc) is 2.40. The number of hydrogen-bond donors (Lipinski definition) is 1. The highest BCUT2D eigenvalue weighted by Gasteiger charge is 2.18. The Bertz CT molecular complexity index is 682. The van der Waals surface area contributed by atoms with E-state index in [4.69, 9.17) is 11.6 Å². The molecular formula is C16H15ClFNO. The molecule has 2 aromatic rings.